The topological polar surface area (TPSA) is 80.5 Å². The van der Waals surface area contributed by atoms with Crippen LogP contribution in [0.2, 0.25) is 5.02 Å². The Kier molecular flexibility index (Phi) is 7.12. The van der Waals surface area contributed by atoms with Gasteiger partial charge in [-0.3, -0.25) is 4.79 Å². The van der Waals surface area contributed by atoms with E-state index >= 15 is 0 Å². The Balaban J connectivity index is 1.87. The van der Waals surface area contributed by atoms with Crippen LogP contribution in [0.25, 0.3) is 11.1 Å². The lowest BCUT2D eigenvalue weighted by Gasteiger charge is -2.30. The number of nitrogens with zero attached hydrogens (tertiary/aromatic N) is 1. The largest absolute Gasteiger partial charge is 0.368 e. The van der Waals surface area contributed by atoms with Gasteiger partial charge >= 0.3 is 0 Å². The summed E-state index contributed by atoms with van der Waals surface area (Å²) in [4.78, 5) is 12.7. The van der Waals surface area contributed by atoms with E-state index in [0.717, 1.165) is 21.0 Å². The van der Waals surface area contributed by atoms with E-state index in [2.05, 4.69) is 0 Å². The van der Waals surface area contributed by atoms with E-state index in [1.807, 2.05) is 54.6 Å². The molecule has 0 unspecified atom stereocenters. The van der Waals surface area contributed by atoms with Crippen molar-refractivity contribution in [3.05, 3.63) is 125 Å². The van der Waals surface area contributed by atoms with Crippen LogP contribution in [0, 0.1) is 0 Å². The maximum atomic E-state index is 13.9. The second kappa shape index (κ2) is 10.2. The number of hydrogen-bond acceptors (Lipinski definition) is 3. The number of rotatable bonds is 8. The highest BCUT2D eigenvalue weighted by molar-refractivity contribution is 7.89. The van der Waals surface area contributed by atoms with Gasteiger partial charge in [0, 0.05) is 11.6 Å². The molecule has 0 aliphatic heterocycles. The zero-order valence-corrected chi connectivity index (χ0v) is 19.8. The van der Waals surface area contributed by atoms with E-state index in [0.29, 0.717) is 10.6 Å². The Morgan fingerprint density at radius 1 is 0.794 bits per heavy atom. The van der Waals surface area contributed by atoms with Gasteiger partial charge in [-0.15, -0.1) is 0 Å². The Morgan fingerprint density at radius 2 is 1.35 bits per heavy atom. The van der Waals surface area contributed by atoms with Crippen LogP contribution in [0.3, 0.4) is 0 Å². The minimum absolute atomic E-state index is 0.0243. The van der Waals surface area contributed by atoms with Crippen molar-refractivity contribution in [3.63, 3.8) is 0 Å². The van der Waals surface area contributed by atoms with Gasteiger partial charge in [0.15, 0.2) is 0 Å². The molecule has 0 aliphatic carbocycles. The molecule has 4 aromatic rings. The number of nitrogens with two attached hydrogens (primary N) is 1. The molecule has 1 atom stereocenters. The van der Waals surface area contributed by atoms with Gasteiger partial charge in [0.05, 0.1) is 4.90 Å². The standard InChI is InChI=1S/C27H23ClN2O3S/c28-23-15-17-24(18-16-23)34(32,33)30(26(27(29)31)21-11-5-2-6-12-21)19-22-13-7-8-14-25(22)20-9-3-1-4-10-20/h1-18,26H,19H2,(H2,29,31)/t26-/m1/s1. The highest BCUT2D eigenvalue weighted by atomic mass is 35.5. The van der Waals surface area contributed by atoms with Crippen LogP contribution < -0.4 is 5.73 Å². The molecule has 4 aromatic carbocycles. The van der Waals surface area contributed by atoms with Crippen molar-refractivity contribution in [3.8, 4) is 11.1 Å². The molecule has 0 bridgehead atoms. The zero-order chi connectivity index (χ0) is 24.1. The number of sulfonamides is 1. The molecule has 7 heteroatoms. The minimum atomic E-state index is -4.13. The summed E-state index contributed by atoms with van der Waals surface area (Å²) in [6, 6.07) is 30.6. The minimum Gasteiger partial charge on any atom is -0.368 e. The molecule has 0 aliphatic rings. The van der Waals surface area contributed by atoms with E-state index in [4.69, 9.17) is 17.3 Å². The van der Waals surface area contributed by atoms with Crippen LogP contribution in [0.1, 0.15) is 17.2 Å². The van der Waals surface area contributed by atoms with Gasteiger partial charge in [-0.1, -0.05) is 96.5 Å². The Bertz CT molecular complexity index is 1380. The lowest BCUT2D eigenvalue weighted by Crippen LogP contribution is -2.41. The van der Waals surface area contributed by atoms with Crippen LogP contribution >= 0.6 is 11.6 Å². The Hall–Kier alpha value is -3.45. The molecule has 0 radical (unpaired) electrons. The summed E-state index contributed by atoms with van der Waals surface area (Å²) in [5.41, 5.74) is 8.85. The average molecular weight is 491 g/mol. The van der Waals surface area contributed by atoms with Gasteiger partial charge in [-0.25, -0.2) is 8.42 Å². The quantitative estimate of drug-likeness (QED) is 0.358. The predicted molar refractivity (Wildman–Crippen MR) is 134 cm³/mol. The summed E-state index contributed by atoms with van der Waals surface area (Å²) in [7, 11) is -4.13. The van der Waals surface area contributed by atoms with Gasteiger partial charge in [0.25, 0.3) is 0 Å². The van der Waals surface area contributed by atoms with Gasteiger partial charge in [-0.2, -0.15) is 4.31 Å². The molecule has 1 amide bonds. The monoisotopic (exact) mass is 490 g/mol. The Labute approximate surface area is 204 Å². The first kappa shape index (κ1) is 23.7. The van der Waals surface area contributed by atoms with Crippen LogP contribution in [0.15, 0.2) is 114 Å². The van der Waals surface area contributed by atoms with Gasteiger partial charge in [0.2, 0.25) is 15.9 Å². The number of carbonyl (C=O) groups is 1. The van der Waals surface area contributed by atoms with Crippen molar-refractivity contribution >= 4 is 27.5 Å². The fourth-order valence-corrected chi connectivity index (χ4v) is 5.58. The summed E-state index contributed by atoms with van der Waals surface area (Å²) >= 11 is 5.99. The number of primary amides is 1. The maximum absolute atomic E-state index is 13.9. The molecule has 0 aromatic heterocycles. The molecule has 0 spiro atoms. The summed E-state index contributed by atoms with van der Waals surface area (Å²) in [6.45, 7) is -0.0570. The summed E-state index contributed by atoms with van der Waals surface area (Å²) in [5.74, 6) is -0.763. The van der Waals surface area contributed by atoms with E-state index in [9.17, 15) is 13.2 Å². The number of halogens is 1. The molecular weight excluding hydrogens is 468 g/mol. The van der Waals surface area contributed by atoms with Crippen LogP contribution in [-0.2, 0) is 21.4 Å². The number of benzene rings is 4. The second-order valence-electron chi connectivity index (χ2n) is 7.74. The molecule has 0 saturated heterocycles. The predicted octanol–water partition coefficient (Wildman–Crippen LogP) is 5.42. The summed E-state index contributed by atoms with van der Waals surface area (Å²) in [6.07, 6.45) is 0. The molecule has 0 heterocycles. The van der Waals surface area contributed by atoms with Crippen molar-refractivity contribution in [2.45, 2.75) is 17.5 Å². The normalized spacial score (nSPS) is 12.4. The third kappa shape index (κ3) is 5.04. The number of hydrogen-bond donors (Lipinski definition) is 1. The second-order valence-corrected chi connectivity index (χ2v) is 10.1. The molecule has 0 saturated carbocycles. The van der Waals surface area contributed by atoms with Gasteiger partial charge < -0.3 is 5.73 Å². The SMILES string of the molecule is NC(=O)[C@@H](c1ccccc1)N(Cc1ccccc1-c1ccccc1)S(=O)(=O)c1ccc(Cl)cc1. The molecule has 5 nitrogen and oxygen atoms in total. The van der Waals surface area contributed by atoms with E-state index < -0.39 is 22.0 Å². The van der Waals surface area contributed by atoms with Gasteiger partial charge in [0.1, 0.15) is 6.04 Å². The van der Waals surface area contributed by atoms with Gasteiger partial charge in [-0.05, 0) is 46.5 Å². The number of amides is 1. The zero-order valence-electron chi connectivity index (χ0n) is 18.2. The maximum Gasteiger partial charge on any atom is 0.244 e. The smallest absolute Gasteiger partial charge is 0.244 e. The lowest BCUT2D eigenvalue weighted by molar-refractivity contribution is -0.122. The first-order valence-corrected chi connectivity index (χ1v) is 12.4. The van der Waals surface area contributed by atoms with Crippen LogP contribution in [0.5, 0.6) is 0 Å². The third-order valence-electron chi connectivity index (χ3n) is 5.52. The molecule has 34 heavy (non-hydrogen) atoms. The van der Waals surface area contributed by atoms with Crippen molar-refractivity contribution < 1.29 is 13.2 Å². The van der Waals surface area contributed by atoms with Crippen molar-refractivity contribution in [1.82, 2.24) is 4.31 Å². The Morgan fingerprint density at radius 3 is 1.97 bits per heavy atom. The molecule has 2 N–H and O–H groups in total. The number of carbonyl (C=O) groups excluding carboxylic acids is 1. The summed E-state index contributed by atoms with van der Waals surface area (Å²) in [5, 5.41) is 0.412. The van der Waals surface area contributed by atoms with Crippen LogP contribution in [-0.4, -0.2) is 18.6 Å². The molecule has 172 valence electrons. The van der Waals surface area contributed by atoms with E-state index in [1.165, 1.54) is 24.3 Å². The fourth-order valence-electron chi connectivity index (χ4n) is 3.89. The summed E-state index contributed by atoms with van der Waals surface area (Å²) < 4.78 is 28.9. The first-order chi connectivity index (χ1) is 16.4. The average Bonchev–Trinajstić information content (AvgIpc) is 2.85. The molecular formula is C27H23ClN2O3S. The van der Waals surface area contributed by atoms with E-state index in [1.54, 1.807) is 30.3 Å². The molecule has 0 fully saturated rings. The van der Waals surface area contributed by atoms with Crippen molar-refractivity contribution in [2.75, 3.05) is 0 Å². The fraction of sp³-hybridized carbons (Fsp3) is 0.0741. The van der Waals surface area contributed by atoms with Crippen LogP contribution in [0.4, 0.5) is 0 Å². The molecule has 4 rings (SSSR count). The van der Waals surface area contributed by atoms with E-state index in [-0.39, 0.29) is 11.4 Å². The lowest BCUT2D eigenvalue weighted by atomic mass is 9.99. The van der Waals surface area contributed by atoms with Crippen molar-refractivity contribution in [2.24, 2.45) is 5.73 Å². The third-order valence-corrected chi connectivity index (χ3v) is 7.60. The first-order valence-electron chi connectivity index (χ1n) is 10.6. The highest BCUT2D eigenvalue weighted by Crippen LogP contribution is 2.33. The highest BCUT2D eigenvalue weighted by Gasteiger charge is 2.36. The van der Waals surface area contributed by atoms with Crippen molar-refractivity contribution in [1.29, 1.82) is 0 Å².